The van der Waals surface area contributed by atoms with E-state index in [0.29, 0.717) is 5.56 Å². The van der Waals surface area contributed by atoms with Gasteiger partial charge < -0.3 is 5.11 Å². The molecule has 0 aliphatic carbocycles. The minimum Gasteiger partial charge on any atom is -0.392 e. The van der Waals surface area contributed by atoms with Gasteiger partial charge in [-0.3, -0.25) is 4.98 Å². The molecule has 0 aliphatic rings. The Kier molecular flexibility index (Phi) is 2.95. The van der Waals surface area contributed by atoms with E-state index < -0.39 is 0 Å². The van der Waals surface area contributed by atoms with Crippen molar-refractivity contribution < 1.29 is 5.11 Å². The fourth-order valence-electron chi connectivity index (χ4n) is 1.46. The summed E-state index contributed by atoms with van der Waals surface area (Å²) in [5, 5.41) is 17.7. The first kappa shape index (κ1) is 10.3. The maximum atomic E-state index is 8.93. The fraction of sp³-hybridized carbons (Fsp3) is 0.0769. The Labute approximate surface area is 93.6 Å². The molecule has 1 heterocycles. The fourth-order valence-corrected chi connectivity index (χ4v) is 1.46. The molecule has 0 atom stereocenters. The lowest BCUT2D eigenvalue weighted by Crippen LogP contribution is -1.85. The molecule has 3 heteroatoms. The van der Waals surface area contributed by atoms with Crippen LogP contribution in [-0.4, -0.2) is 10.1 Å². The quantitative estimate of drug-likeness (QED) is 0.825. The molecule has 0 saturated heterocycles. The van der Waals surface area contributed by atoms with Crippen molar-refractivity contribution in [3.05, 3.63) is 53.9 Å². The van der Waals surface area contributed by atoms with Crippen LogP contribution < -0.4 is 0 Å². The molecule has 2 rings (SSSR count). The molecule has 1 aromatic heterocycles. The number of benzene rings is 1. The van der Waals surface area contributed by atoms with E-state index in [2.05, 4.69) is 11.1 Å². The summed E-state index contributed by atoms with van der Waals surface area (Å²) < 4.78 is 0. The molecule has 0 amide bonds. The third-order valence-electron chi connectivity index (χ3n) is 2.34. The van der Waals surface area contributed by atoms with Crippen molar-refractivity contribution in [2.75, 3.05) is 0 Å². The second kappa shape index (κ2) is 4.56. The number of nitrogens with zero attached hydrogens (tertiary/aromatic N) is 2. The molecule has 0 fully saturated rings. The summed E-state index contributed by atoms with van der Waals surface area (Å²) in [7, 11) is 0. The van der Waals surface area contributed by atoms with Crippen molar-refractivity contribution in [3.8, 4) is 17.2 Å². The second-order valence-electron chi connectivity index (χ2n) is 3.43. The Morgan fingerprint density at radius 3 is 2.50 bits per heavy atom. The Morgan fingerprint density at radius 2 is 1.88 bits per heavy atom. The van der Waals surface area contributed by atoms with Crippen LogP contribution in [0.2, 0.25) is 0 Å². The topological polar surface area (TPSA) is 56.9 Å². The van der Waals surface area contributed by atoms with Crippen LogP contribution in [0.3, 0.4) is 0 Å². The van der Waals surface area contributed by atoms with Crippen LogP contribution >= 0.6 is 0 Å². The van der Waals surface area contributed by atoms with E-state index in [9.17, 15) is 0 Å². The van der Waals surface area contributed by atoms with E-state index in [-0.39, 0.29) is 6.61 Å². The molecule has 0 radical (unpaired) electrons. The SMILES string of the molecule is N#Cc1cncc(-c2ccc(CO)cc2)c1. The predicted molar refractivity (Wildman–Crippen MR) is 60.3 cm³/mol. The molecule has 0 aliphatic heterocycles. The van der Waals surface area contributed by atoms with Gasteiger partial charge in [-0.05, 0) is 17.2 Å². The zero-order valence-corrected chi connectivity index (χ0v) is 8.59. The zero-order valence-electron chi connectivity index (χ0n) is 8.59. The number of aromatic nitrogens is 1. The number of nitriles is 1. The van der Waals surface area contributed by atoms with Crippen LogP contribution in [-0.2, 0) is 6.61 Å². The molecule has 0 bridgehead atoms. The Bertz CT molecular complexity index is 526. The Hall–Kier alpha value is -2.18. The third kappa shape index (κ3) is 2.08. The van der Waals surface area contributed by atoms with Crippen molar-refractivity contribution >= 4 is 0 Å². The Morgan fingerprint density at radius 1 is 1.12 bits per heavy atom. The molecule has 78 valence electrons. The summed E-state index contributed by atoms with van der Waals surface area (Å²) in [5.74, 6) is 0. The highest BCUT2D eigenvalue weighted by molar-refractivity contribution is 5.64. The van der Waals surface area contributed by atoms with Gasteiger partial charge in [0.05, 0.1) is 12.2 Å². The van der Waals surface area contributed by atoms with Gasteiger partial charge in [0.2, 0.25) is 0 Å². The third-order valence-corrected chi connectivity index (χ3v) is 2.34. The van der Waals surface area contributed by atoms with Gasteiger partial charge in [-0.2, -0.15) is 5.26 Å². The lowest BCUT2D eigenvalue weighted by molar-refractivity contribution is 0.282. The van der Waals surface area contributed by atoms with Crippen LogP contribution in [0.4, 0.5) is 0 Å². The summed E-state index contributed by atoms with van der Waals surface area (Å²) in [6.45, 7) is 0.0385. The molecule has 0 spiro atoms. The predicted octanol–water partition coefficient (Wildman–Crippen LogP) is 2.11. The highest BCUT2D eigenvalue weighted by Gasteiger charge is 1.99. The van der Waals surface area contributed by atoms with Crippen LogP contribution in [0, 0.1) is 11.3 Å². The maximum absolute atomic E-state index is 8.93. The summed E-state index contributed by atoms with van der Waals surface area (Å²) in [6, 6.07) is 11.4. The average molecular weight is 210 g/mol. The van der Waals surface area contributed by atoms with E-state index in [0.717, 1.165) is 16.7 Å². The molecule has 3 nitrogen and oxygen atoms in total. The highest BCUT2D eigenvalue weighted by Crippen LogP contribution is 2.19. The molecule has 16 heavy (non-hydrogen) atoms. The van der Waals surface area contributed by atoms with Crippen molar-refractivity contribution in [1.29, 1.82) is 5.26 Å². The van der Waals surface area contributed by atoms with Gasteiger partial charge in [0.15, 0.2) is 0 Å². The van der Waals surface area contributed by atoms with Crippen molar-refractivity contribution in [2.24, 2.45) is 0 Å². The van der Waals surface area contributed by atoms with Crippen LogP contribution in [0.25, 0.3) is 11.1 Å². The number of hydrogen-bond acceptors (Lipinski definition) is 3. The van der Waals surface area contributed by atoms with Gasteiger partial charge >= 0.3 is 0 Å². The molecule has 2 aromatic rings. The van der Waals surface area contributed by atoms with E-state index in [1.807, 2.05) is 24.3 Å². The highest BCUT2D eigenvalue weighted by atomic mass is 16.3. The number of hydrogen-bond donors (Lipinski definition) is 1. The maximum Gasteiger partial charge on any atom is 0.101 e. The number of aliphatic hydroxyl groups excluding tert-OH is 1. The smallest absolute Gasteiger partial charge is 0.101 e. The van der Waals surface area contributed by atoms with Crippen LogP contribution in [0.5, 0.6) is 0 Å². The number of rotatable bonds is 2. The van der Waals surface area contributed by atoms with Gasteiger partial charge in [-0.1, -0.05) is 24.3 Å². The van der Waals surface area contributed by atoms with Crippen molar-refractivity contribution in [1.82, 2.24) is 4.98 Å². The van der Waals surface area contributed by atoms with E-state index in [4.69, 9.17) is 10.4 Å². The van der Waals surface area contributed by atoms with Crippen molar-refractivity contribution in [3.63, 3.8) is 0 Å². The van der Waals surface area contributed by atoms with Gasteiger partial charge in [0, 0.05) is 18.0 Å². The van der Waals surface area contributed by atoms with Gasteiger partial charge in [0.1, 0.15) is 6.07 Å². The normalized spacial score (nSPS) is 9.75. The summed E-state index contributed by atoms with van der Waals surface area (Å²) in [5.41, 5.74) is 3.31. The summed E-state index contributed by atoms with van der Waals surface area (Å²) in [6.07, 6.45) is 3.25. The van der Waals surface area contributed by atoms with Crippen molar-refractivity contribution in [2.45, 2.75) is 6.61 Å². The van der Waals surface area contributed by atoms with Crippen LogP contribution in [0.1, 0.15) is 11.1 Å². The van der Waals surface area contributed by atoms with Gasteiger partial charge in [0.25, 0.3) is 0 Å². The number of aliphatic hydroxyl groups is 1. The standard InChI is InChI=1S/C13H10N2O/c14-6-11-5-13(8-15-7-11)12-3-1-10(9-16)2-4-12/h1-5,7-8,16H,9H2. The van der Waals surface area contributed by atoms with Gasteiger partial charge in [-0.15, -0.1) is 0 Å². The first-order valence-electron chi connectivity index (χ1n) is 4.89. The van der Waals surface area contributed by atoms with Gasteiger partial charge in [-0.25, -0.2) is 0 Å². The van der Waals surface area contributed by atoms with E-state index >= 15 is 0 Å². The second-order valence-corrected chi connectivity index (χ2v) is 3.43. The molecule has 0 saturated carbocycles. The monoisotopic (exact) mass is 210 g/mol. The first-order chi connectivity index (χ1) is 7.83. The number of pyridine rings is 1. The molecule has 1 aromatic carbocycles. The molecule has 1 N–H and O–H groups in total. The zero-order chi connectivity index (χ0) is 11.4. The average Bonchev–Trinajstić information content (AvgIpc) is 2.39. The summed E-state index contributed by atoms with van der Waals surface area (Å²) in [4.78, 5) is 4.00. The molecular formula is C13H10N2O. The van der Waals surface area contributed by atoms with Crippen LogP contribution in [0.15, 0.2) is 42.7 Å². The molecular weight excluding hydrogens is 200 g/mol. The van der Waals surface area contributed by atoms with E-state index in [1.54, 1.807) is 12.3 Å². The molecule has 0 unspecified atom stereocenters. The largest absolute Gasteiger partial charge is 0.392 e. The lowest BCUT2D eigenvalue weighted by atomic mass is 10.0. The van der Waals surface area contributed by atoms with E-state index in [1.165, 1.54) is 6.20 Å². The minimum atomic E-state index is 0.0385. The Balaban J connectivity index is 2.39. The first-order valence-corrected chi connectivity index (χ1v) is 4.89. The minimum absolute atomic E-state index is 0.0385. The summed E-state index contributed by atoms with van der Waals surface area (Å²) >= 11 is 0. The lowest BCUT2D eigenvalue weighted by Gasteiger charge is -2.02.